The lowest BCUT2D eigenvalue weighted by atomic mass is 10.5. The van der Waals surface area contributed by atoms with Crippen molar-refractivity contribution in [3.63, 3.8) is 0 Å². The molecule has 0 aromatic rings. The van der Waals surface area contributed by atoms with Crippen LogP contribution in [0.5, 0.6) is 0 Å². The molecule has 13 heavy (non-hydrogen) atoms. The van der Waals surface area contributed by atoms with Crippen LogP contribution >= 0.6 is 0 Å². The molecule has 0 unspecified atom stereocenters. The molecule has 0 amide bonds. The second-order valence-electron chi connectivity index (χ2n) is 2.60. The van der Waals surface area contributed by atoms with E-state index in [0.29, 0.717) is 26.2 Å². The zero-order valence-electron chi connectivity index (χ0n) is 7.73. The fraction of sp³-hybridized carbons (Fsp3) is 1.00. The Kier molecular flexibility index (Phi) is 7.16. The van der Waals surface area contributed by atoms with Crippen molar-refractivity contribution in [3.8, 4) is 0 Å². The van der Waals surface area contributed by atoms with Crippen molar-refractivity contribution in [2.45, 2.75) is 12.8 Å². The minimum atomic E-state index is -3.83. The van der Waals surface area contributed by atoms with E-state index < -0.39 is 10.1 Å². The first-order valence-electron chi connectivity index (χ1n) is 4.08. The summed E-state index contributed by atoms with van der Waals surface area (Å²) < 4.78 is 38.7. The normalized spacial score (nSPS) is 11.8. The Morgan fingerprint density at radius 2 is 1.77 bits per heavy atom. The van der Waals surface area contributed by atoms with Gasteiger partial charge in [-0.05, 0) is 12.8 Å². The van der Waals surface area contributed by atoms with E-state index in [1.54, 1.807) is 7.11 Å². The maximum absolute atomic E-state index is 10.2. The van der Waals surface area contributed by atoms with Crippen LogP contribution in [-0.2, 0) is 19.6 Å². The lowest BCUT2D eigenvalue weighted by Gasteiger charge is -2.02. The predicted molar refractivity (Wildman–Crippen MR) is 48.3 cm³/mol. The van der Waals surface area contributed by atoms with Crippen LogP contribution < -0.4 is 0 Å². The lowest BCUT2D eigenvalue weighted by molar-refractivity contribution is 0.103. The van der Waals surface area contributed by atoms with Crippen molar-refractivity contribution in [2.75, 3.05) is 32.7 Å². The third-order valence-corrected chi connectivity index (χ3v) is 2.13. The van der Waals surface area contributed by atoms with Crippen molar-refractivity contribution in [1.29, 1.82) is 0 Å². The maximum atomic E-state index is 10.2. The summed E-state index contributed by atoms with van der Waals surface area (Å²) in [6.07, 6.45) is 1.12. The van der Waals surface area contributed by atoms with Gasteiger partial charge in [0, 0.05) is 26.9 Å². The molecule has 0 fully saturated rings. The molecule has 5 nitrogen and oxygen atoms in total. The van der Waals surface area contributed by atoms with Crippen LogP contribution in [-0.4, -0.2) is 45.7 Å². The van der Waals surface area contributed by atoms with Crippen molar-refractivity contribution in [1.82, 2.24) is 0 Å². The summed E-state index contributed by atoms with van der Waals surface area (Å²) in [7, 11) is -2.22. The first kappa shape index (κ1) is 12.8. The first-order valence-corrected chi connectivity index (χ1v) is 5.69. The Hall–Kier alpha value is -0.170. The smallest absolute Gasteiger partial charge is 0.264 e. The van der Waals surface area contributed by atoms with Crippen molar-refractivity contribution >= 4 is 10.1 Å². The van der Waals surface area contributed by atoms with E-state index in [-0.39, 0.29) is 5.75 Å². The SMILES string of the molecule is COCCCOCCCS(=O)(=O)O. The molecule has 0 aliphatic carbocycles. The summed E-state index contributed by atoms with van der Waals surface area (Å²) in [5.41, 5.74) is 0. The van der Waals surface area contributed by atoms with E-state index in [2.05, 4.69) is 0 Å². The van der Waals surface area contributed by atoms with E-state index in [9.17, 15) is 8.42 Å². The molecule has 0 aromatic carbocycles. The summed E-state index contributed by atoms with van der Waals surface area (Å²) in [5.74, 6) is -0.239. The molecule has 1 N–H and O–H groups in total. The predicted octanol–water partition coefficient (Wildman–Crippen LogP) is 0.317. The van der Waals surface area contributed by atoms with E-state index in [0.717, 1.165) is 6.42 Å². The minimum absolute atomic E-state index is 0.239. The Balaban J connectivity index is 3.09. The molecular weight excluding hydrogens is 196 g/mol. The third kappa shape index (κ3) is 11.8. The van der Waals surface area contributed by atoms with Crippen molar-refractivity contribution in [3.05, 3.63) is 0 Å². The van der Waals surface area contributed by atoms with Gasteiger partial charge >= 0.3 is 0 Å². The molecule has 0 saturated heterocycles. The summed E-state index contributed by atoms with van der Waals surface area (Å²) in [6.45, 7) is 1.54. The van der Waals surface area contributed by atoms with Gasteiger partial charge in [0.15, 0.2) is 0 Å². The average Bonchev–Trinajstić information content (AvgIpc) is 2.01. The van der Waals surface area contributed by atoms with Crippen LogP contribution in [0.1, 0.15) is 12.8 Å². The maximum Gasteiger partial charge on any atom is 0.264 e. The topological polar surface area (TPSA) is 72.8 Å². The molecule has 0 atom stereocenters. The number of rotatable bonds is 8. The lowest BCUT2D eigenvalue weighted by Crippen LogP contribution is -2.08. The molecule has 0 rings (SSSR count). The van der Waals surface area contributed by atoms with E-state index >= 15 is 0 Å². The van der Waals surface area contributed by atoms with Crippen LogP contribution in [0.25, 0.3) is 0 Å². The van der Waals surface area contributed by atoms with Gasteiger partial charge < -0.3 is 9.47 Å². The largest absolute Gasteiger partial charge is 0.385 e. The monoisotopic (exact) mass is 212 g/mol. The van der Waals surface area contributed by atoms with Gasteiger partial charge in [-0.3, -0.25) is 4.55 Å². The highest BCUT2D eigenvalue weighted by Gasteiger charge is 2.02. The molecule has 0 aliphatic heterocycles. The fourth-order valence-electron chi connectivity index (χ4n) is 0.751. The van der Waals surface area contributed by atoms with Crippen molar-refractivity contribution < 1.29 is 22.4 Å². The summed E-state index contributed by atoms with van der Waals surface area (Å²) >= 11 is 0. The average molecular weight is 212 g/mol. The molecule has 0 spiro atoms. The molecule has 80 valence electrons. The highest BCUT2D eigenvalue weighted by atomic mass is 32.2. The van der Waals surface area contributed by atoms with Crippen LogP contribution in [0.15, 0.2) is 0 Å². The van der Waals surface area contributed by atoms with Gasteiger partial charge in [-0.15, -0.1) is 0 Å². The Morgan fingerprint density at radius 3 is 2.31 bits per heavy atom. The number of methoxy groups -OCH3 is 1. The first-order chi connectivity index (χ1) is 6.06. The molecule has 0 heterocycles. The standard InChI is InChI=1S/C7H16O5S/c1-11-4-2-5-12-6-3-7-13(8,9)10/h2-7H2,1H3,(H,8,9,10). The minimum Gasteiger partial charge on any atom is -0.385 e. The van der Waals surface area contributed by atoms with Crippen LogP contribution in [0, 0.1) is 0 Å². The van der Waals surface area contributed by atoms with Gasteiger partial charge in [0.1, 0.15) is 0 Å². The van der Waals surface area contributed by atoms with Gasteiger partial charge in [-0.25, -0.2) is 0 Å². The van der Waals surface area contributed by atoms with Gasteiger partial charge in [0.25, 0.3) is 10.1 Å². The molecule has 0 saturated carbocycles. The fourth-order valence-corrected chi connectivity index (χ4v) is 1.23. The summed E-state index contributed by atoms with van der Waals surface area (Å²) in [4.78, 5) is 0. The molecule has 0 bridgehead atoms. The van der Waals surface area contributed by atoms with Crippen LogP contribution in [0.3, 0.4) is 0 Å². The van der Waals surface area contributed by atoms with Crippen LogP contribution in [0.4, 0.5) is 0 Å². The van der Waals surface area contributed by atoms with E-state index in [4.69, 9.17) is 14.0 Å². The molecule has 0 aromatic heterocycles. The van der Waals surface area contributed by atoms with Crippen LogP contribution in [0.2, 0.25) is 0 Å². The summed E-state index contributed by atoms with van der Waals surface area (Å²) in [5, 5.41) is 0. The Labute approximate surface area is 78.8 Å². The number of hydrogen-bond acceptors (Lipinski definition) is 4. The molecule has 6 heteroatoms. The Bertz CT molecular complexity index is 199. The second kappa shape index (κ2) is 7.25. The third-order valence-electron chi connectivity index (χ3n) is 1.33. The highest BCUT2D eigenvalue weighted by molar-refractivity contribution is 7.85. The zero-order chi connectivity index (χ0) is 10.2. The highest BCUT2D eigenvalue weighted by Crippen LogP contribution is 1.91. The summed E-state index contributed by atoms with van der Waals surface area (Å²) in [6, 6.07) is 0. The quantitative estimate of drug-likeness (QED) is 0.463. The van der Waals surface area contributed by atoms with E-state index in [1.165, 1.54) is 0 Å². The molecular formula is C7H16O5S. The second-order valence-corrected chi connectivity index (χ2v) is 4.17. The van der Waals surface area contributed by atoms with Gasteiger partial charge in [-0.2, -0.15) is 8.42 Å². The number of ether oxygens (including phenoxy) is 2. The molecule has 0 radical (unpaired) electrons. The zero-order valence-corrected chi connectivity index (χ0v) is 8.55. The van der Waals surface area contributed by atoms with E-state index in [1.807, 2.05) is 0 Å². The Morgan fingerprint density at radius 1 is 1.15 bits per heavy atom. The van der Waals surface area contributed by atoms with Gasteiger partial charge in [0.2, 0.25) is 0 Å². The van der Waals surface area contributed by atoms with Gasteiger partial charge in [-0.1, -0.05) is 0 Å². The molecule has 0 aliphatic rings. The van der Waals surface area contributed by atoms with Crippen molar-refractivity contribution in [2.24, 2.45) is 0 Å². The number of hydrogen-bond donors (Lipinski definition) is 1. The van der Waals surface area contributed by atoms with Gasteiger partial charge in [0.05, 0.1) is 5.75 Å².